The zero-order chi connectivity index (χ0) is 9.68. The molecule has 7 heteroatoms. The Morgan fingerprint density at radius 2 is 1.73 bits per heavy atom. The van der Waals surface area contributed by atoms with E-state index in [1.54, 1.807) is 0 Å². The van der Waals surface area contributed by atoms with E-state index in [2.05, 4.69) is 10.2 Å². The van der Waals surface area contributed by atoms with Gasteiger partial charge in [0.25, 0.3) is 0 Å². The molecule has 0 saturated heterocycles. The molecule has 0 amide bonds. The van der Waals surface area contributed by atoms with Crippen molar-refractivity contribution in [3.8, 4) is 0 Å². The predicted molar refractivity (Wildman–Crippen MR) is 41.5 cm³/mol. The van der Waals surface area contributed by atoms with E-state index in [1.165, 1.54) is 0 Å². The second-order valence-corrected chi connectivity index (χ2v) is 2.21. The van der Waals surface area contributed by atoms with Gasteiger partial charge in [-0.05, 0) is 12.2 Å². The van der Waals surface area contributed by atoms with Gasteiger partial charge in [0.05, 0.1) is 11.7 Å². The summed E-state index contributed by atoms with van der Waals surface area (Å²) in [5.74, 6) is 0. The molecule has 1 N–H and O–H groups in total. The van der Waals surface area contributed by atoms with E-state index in [1.807, 2.05) is 30.5 Å². The number of fused-ring (bicyclic) bond motifs is 1. The Labute approximate surface area is 171 Å². The molecule has 0 spiro atoms. The first-order valence-corrected chi connectivity index (χ1v) is 3.46. The summed E-state index contributed by atoms with van der Waals surface area (Å²) in [7, 11) is 0. The Bertz CT molecular complexity index is 371. The molecule has 0 aliphatic carbocycles. The summed E-state index contributed by atoms with van der Waals surface area (Å²) in [6.45, 7) is 0. The molecule has 1 aromatic heterocycles. The number of aromatic nitrogens is 2. The Morgan fingerprint density at radius 1 is 1.20 bits per heavy atom. The van der Waals surface area contributed by atoms with E-state index < -0.39 is 6.16 Å². The molecule has 0 unspecified atom stereocenters. The summed E-state index contributed by atoms with van der Waals surface area (Å²) in [4.78, 5) is 8.33. The smallest absolute Gasteiger partial charge is 0.652 e. The number of carbonyl (C=O) groups is 1. The fourth-order valence-corrected chi connectivity index (χ4v) is 0.883. The number of nitrogens with zero attached hydrogens (tertiary/aromatic N) is 1. The largest absolute Gasteiger partial charge is 1.00 e. The van der Waals surface area contributed by atoms with Crippen LogP contribution in [0.4, 0.5) is 4.79 Å². The van der Waals surface area contributed by atoms with Gasteiger partial charge in [0.1, 0.15) is 0 Å². The van der Waals surface area contributed by atoms with Crippen LogP contribution in [0.2, 0.25) is 0 Å². The van der Waals surface area contributed by atoms with Crippen molar-refractivity contribution >= 4 is 17.1 Å². The minimum atomic E-state index is -2.33. The average molecular weight is 256 g/mol. The van der Waals surface area contributed by atoms with E-state index in [4.69, 9.17) is 15.0 Å². The summed E-state index contributed by atoms with van der Waals surface area (Å²) in [5, 5.41) is 24.6. The Balaban J connectivity index is 0. The van der Waals surface area contributed by atoms with Crippen LogP contribution in [0.15, 0.2) is 30.5 Å². The fraction of sp³-hybridized carbons (Fsp3) is 0. The monoisotopic (exact) mass is 256 g/mol. The van der Waals surface area contributed by atoms with Gasteiger partial charge in [-0.25, -0.2) is 0 Å². The minimum absolute atomic E-state index is 0. The molecule has 15 heavy (non-hydrogen) atoms. The third-order valence-corrected chi connectivity index (χ3v) is 1.35. The maximum Gasteiger partial charge on any atom is 1.00 e. The number of H-pyrrole nitrogens is 1. The van der Waals surface area contributed by atoms with Gasteiger partial charge in [-0.1, -0.05) is 18.2 Å². The Morgan fingerprint density at radius 3 is 2.27 bits per heavy atom. The molecule has 2 aromatic rings. The second kappa shape index (κ2) is 10.4. The van der Waals surface area contributed by atoms with E-state index >= 15 is 0 Å². The molecule has 0 saturated carbocycles. The fourth-order valence-electron chi connectivity index (χ4n) is 0.883. The summed E-state index contributed by atoms with van der Waals surface area (Å²) < 4.78 is 0. The molecule has 0 aliphatic rings. The normalized spacial score (nSPS) is 7.73. The van der Waals surface area contributed by atoms with Crippen LogP contribution in [0, 0.1) is 0 Å². The number of carbonyl (C=O) groups excluding carboxylic acids is 1. The van der Waals surface area contributed by atoms with Crippen molar-refractivity contribution in [2.75, 3.05) is 0 Å². The van der Waals surface area contributed by atoms with Gasteiger partial charge in [0, 0.05) is 5.39 Å². The van der Waals surface area contributed by atoms with Crippen LogP contribution in [0.5, 0.6) is 0 Å². The number of benzene rings is 1. The summed E-state index contributed by atoms with van der Waals surface area (Å²) in [5.41, 5.74) is 1.09. The molecular weight excluding hydrogens is 250 g/mol. The number of hydrogen-bond donors (Lipinski definition) is 1. The predicted octanol–water partition coefficient (Wildman–Crippen LogP) is -6.88. The molecule has 0 aliphatic heterocycles. The molecule has 1 aromatic carbocycles. The molecule has 5 nitrogen and oxygen atoms in total. The van der Waals surface area contributed by atoms with Gasteiger partial charge in [-0.15, -0.1) is 0 Å². The molecule has 0 radical (unpaired) electrons. The molecular formula is C8H6K2N2O3. The van der Waals surface area contributed by atoms with Crippen LogP contribution >= 0.6 is 0 Å². The van der Waals surface area contributed by atoms with Crippen LogP contribution < -0.4 is 113 Å². The Hall–Kier alpha value is 1.23. The number of hydrogen-bond acceptors (Lipinski definition) is 4. The standard InChI is InChI=1S/C7H6N2.CH2O3.2K/c1-2-4-7-6(3-1)5-8-9-7;2-1(3)4;;/h1-5H,(H,8,9);(H2,2,3,4);;/q;;2*+1/p-2. The van der Waals surface area contributed by atoms with Gasteiger partial charge in [0.2, 0.25) is 0 Å². The van der Waals surface area contributed by atoms with E-state index in [9.17, 15) is 0 Å². The number of rotatable bonds is 0. The number of aromatic amines is 1. The van der Waals surface area contributed by atoms with Gasteiger partial charge in [0.15, 0.2) is 0 Å². The van der Waals surface area contributed by atoms with Crippen molar-refractivity contribution in [3.63, 3.8) is 0 Å². The first kappa shape index (κ1) is 18.6. The summed E-state index contributed by atoms with van der Waals surface area (Å²) >= 11 is 0. The van der Waals surface area contributed by atoms with Crippen LogP contribution in [0.1, 0.15) is 0 Å². The minimum Gasteiger partial charge on any atom is -0.652 e. The molecule has 1 heterocycles. The molecule has 0 bridgehead atoms. The van der Waals surface area contributed by atoms with Crippen molar-refractivity contribution < 1.29 is 118 Å². The number of carboxylic acid groups (broad SMARTS) is 2. The third-order valence-electron chi connectivity index (χ3n) is 1.35. The Kier molecular flexibility index (Phi) is 12.9. The SMILES string of the molecule is O=C([O-])[O-].[K+].[K+].c1ccc2[nH]ncc2c1. The molecule has 0 fully saturated rings. The van der Waals surface area contributed by atoms with Crippen molar-refractivity contribution in [1.82, 2.24) is 10.2 Å². The van der Waals surface area contributed by atoms with Crippen molar-refractivity contribution in [2.45, 2.75) is 0 Å². The van der Waals surface area contributed by atoms with Gasteiger partial charge in [-0.2, -0.15) is 5.10 Å². The van der Waals surface area contributed by atoms with Crippen LogP contribution in [0.3, 0.4) is 0 Å². The van der Waals surface area contributed by atoms with Gasteiger partial charge in [-0.3, -0.25) is 5.10 Å². The molecule has 2 rings (SSSR count). The third kappa shape index (κ3) is 8.02. The maximum atomic E-state index is 8.33. The topological polar surface area (TPSA) is 91.9 Å². The van der Waals surface area contributed by atoms with Crippen molar-refractivity contribution in [2.24, 2.45) is 0 Å². The van der Waals surface area contributed by atoms with E-state index in [-0.39, 0.29) is 103 Å². The number of nitrogens with one attached hydrogen (secondary N) is 1. The van der Waals surface area contributed by atoms with Gasteiger partial charge >= 0.3 is 103 Å². The first-order valence-electron chi connectivity index (χ1n) is 3.46. The zero-order valence-electron chi connectivity index (χ0n) is 8.56. The van der Waals surface area contributed by atoms with E-state index in [0.29, 0.717) is 0 Å². The number of para-hydroxylation sites is 1. The van der Waals surface area contributed by atoms with Crippen LogP contribution in [-0.2, 0) is 0 Å². The van der Waals surface area contributed by atoms with Crippen LogP contribution in [-0.4, -0.2) is 16.4 Å². The summed E-state index contributed by atoms with van der Waals surface area (Å²) in [6, 6.07) is 8.01. The molecule has 68 valence electrons. The average Bonchev–Trinajstić information content (AvgIpc) is 2.49. The second-order valence-electron chi connectivity index (χ2n) is 2.21. The van der Waals surface area contributed by atoms with Gasteiger partial charge < -0.3 is 15.0 Å². The zero-order valence-corrected chi connectivity index (χ0v) is 14.8. The first-order chi connectivity index (χ1) is 6.20. The van der Waals surface area contributed by atoms with Crippen LogP contribution in [0.25, 0.3) is 10.9 Å². The van der Waals surface area contributed by atoms with Crippen molar-refractivity contribution in [3.05, 3.63) is 30.5 Å². The van der Waals surface area contributed by atoms with E-state index in [0.717, 1.165) is 10.9 Å². The summed E-state index contributed by atoms with van der Waals surface area (Å²) in [6.07, 6.45) is -0.519. The molecule has 0 atom stereocenters. The quantitative estimate of drug-likeness (QED) is 0.474. The van der Waals surface area contributed by atoms with Crippen molar-refractivity contribution in [1.29, 1.82) is 0 Å². The maximum absolute atomic E-state index is 8.33.